The van der Waals surface area contributed by atoms with E-state index in [0.717, 1.165) is 0 Å². The molecule has 0 radical (unpaired) electrons. The van der Waals surface area contributed by atoms with E-state index in [9.17, 15) is 19.5 Å². The first-order chi connectivity index (χ1) is 8.33. The lowest BCUT2D eigenvalue weighted by Gasteiger charge is -2.22. The predicted molar refractivity (Wildman–Crippen MR) is 66.1 cm³/mol. The molecule has 0 heterocycles. The van der Waals surface area contributed by atoms with Gasteiger partial charge in [0.05, 0.1) is 12.6 Å². The van der Waals surface area contributed by atoms with Crippen LogP contribution in [0.4, 0.5) is 0 Å². The molecule has 0 aliphatic carbocycles. The van der Waals surface area contributed by atoms with Crippen molar-refractivity contribution in [2.75, 3.05) is 12.3 Å². The van der Waals surface area contributed by atoms with Crippen molar-refractivity contribution >= 4 is 30.4 Å². The Balaban J connectivity index is 4.66. The summed E-state index contributed by atoms with van der Waals surface area (Å²) in [5.74, 6) is -2.81. The summed E-state index contributed by atoms with van der Waals surface area (Å²) in [6.45, 7) is 0.947. The van der Waals surface area contributed by atoms with Crippen molar-refractivity contribution in [1.82, 2.24) is 10.6 Å². The topological polar surface area (TPSA) is 142 Å². The number of carbonyl (C=O) groups excluding carboxylic acids is 2. The number of aliphatic carboxylic acids is 1. The Morgan fingerprint density at radius 3 is 2.22 bits per heavy atom. The standard InChI is InChI=1S/C9H17N3O5S/c1-4(13)7(12-6(14)2-10)8(15)11-5(3-18)9(16)17/h4-5,7,13,18H,2-3,10H2,1H3,(H,11,15)(H,12,14)(H,16,17). The summed E-state index contributed by atoms with van der Waals surface area (Å²) in [4.78, 5) is 33.5. The minimum absolute atomic E-state index is 0.113. The molecule has 8 nitrogen and oxygen atoms in total. The number of hydrogen-bond donors (Lipinski definition) is 6. The Bertz CT molecular complexity index is 323. The van der Waals surface area contributed by atoms with Gasteiger partial charge in [0.1, 0.15) is 12.1 Å². The highest BCUT2D eigenvalue weighted by Crippen LogP contribution is 1.96. The molecular formula is C9H17N3O5S. The molecule has 0 aliphatic heterocycles. The van der Waals surface area contributed by atoms with Crippen LogP contribution in [0.15, 0.2) is 0 Å². The van der Waals surface area contributed by atoms with Gasteiger partial charge in [-0.05, 0) is 6.92 Å². The SMILES string of the molecule is CC(O)C(NC(=O)CN)C(=O)NC(CS)C(=O)O. The summed E-state index contributed by atoms with van der Waals surface area (Å²) >= 11 is 3.77. The van der Waals surface area contributed by atoms with Gasteiger partial charge >= 0.3 is 5.97 Å². The van der Waals surface area contributed by atoms with E-state index in [4.69, 9.17) is 10.8 Å². The molecule has 6 N–H and O–H groups in total. The van der Waals surface area contributed by atoms with Crippen molar-refractivity contribution in [1.29, 1.82) is 0 Å². The summed E-state index contributed by atoms with van der Waals surface area (Å²) in [7, 11) is 0. The van der Waals surface area contributed by atoms with Gasteiger partial charge in [-0.3, -0.25) is 9.59 Å². The lowest BCUT2D eigenvalue weighted by Crippen LogP contribution is -2.56. The van der Waals surface area contributed by atoms with Crippen LogP contribution in [0.2, 0.25) is 0 Å². The molecule has 0 aliphatic rings. The number of aliphatic hydroxyl groups is 1. The van der Waals surface area contributed by atoms with Crippen molar-refractivity contribution in [3.63, 3.8) is 0 Å². The predicted octanol–water partition coefficient (Wildman–Crippen LogP) is -2.69. The molecule has 9 heteroatoms. The minimum Gasteiger partial charge on any atom is -0.480 e. The number of aliphatic hydroxyl groups excluding tert-OH is 1. The molecule has 0 spiro atoms. The second-order valence-electron chi connectivity index (χ2n) is 3.57. The quantitative estimate of drug-likeness (QED) is 0.280. The van der Waals surface area contributed by atoms with Gasteiger partial charge in [-0.25, -0.2) is 4.79 Å². The Kier molecular flexibility index (Phi) is 7.32. The molecule has 0 rings (SSSR count). The molecular weight excluding hydrogens is 262 g/mol. The summed E-state index contributed by atoms with van der Waals surface area (Å²) in [5, 5.41) is 22.4. The number of carboxylic acid groups (broad SMARTS) is 1. The van der Waals surface area contributed by atoms with Crippen LogP contribution in [0.5, 0.6) is 0 Å². The average molecular weight is 279 g/mol. The van der Waals surface area contributed by atoms with E-state index in [1.165, 1.54) is 6.92 Å². The maximum atomic E-state index is 11.7. The highest BCUT2D eigenvalue weighted by atomic mass is 32.1. The van der Waals surface area contributed by atoms with Crippen molar-refractivity contribution in [3.05, 3.63) is 0 Å². The third kappa shape index (κ3) is 5.34. The summed E-state index contributed by atoms with van der Waals surface area (Å²) in [6, 6.07) is -2.46. The van der Waals surface area contributed by atoms with Crippen LogP contribution in [0, 0.1) is 0 Å². The zero-order chi connectivity index (χ0) is 14.3. The summed E-state index contributed by atoms with van der Waals surface area (Å²) in [5.41, 5.74) is 5.06. The van der Waals surface area contributed by atoms with Crippen LogP contribution in [0.1, 0.15) is 6.92 Å². The second-order valence-corrected chi connectivity index (χ2v) is 3.94. The molecule has 18 heavy (non-hydrogen) atoms. The smallest absolute Gasteiger partial charge is 0.327 e. The van der Waals surface area contributed by atoms with Gasteiger partial charge in [0.25, 0.3) is 0 Å². The van der Waals surface area contributed by atoms with Gasteiger partial charge in [-0.2, -0.15) is 12.6 Å². The van der Waals surface area contributed by atoms with Crippen LogP contribution in [0.3, 0.4) is 0 Å². The van der Waals surface area contributed by atoms with Crippen LogP contribution < -0.4 is 16.4 Å². The van der Waals surface area contributed by atoms with E-state index in [-0.39, 0.29) is 12.3 Å². The number of nitrogens with one attached hydrogen (secondary N) is 2. The highest BCUT2D eigenvalue weighted by Gasteiger charge is 2.28. The molecule has 0 saturated heterocycles. The zero-order valence-corrected chi connectivity index (χ0v) is 10.7. The lowest BCUT2D eigenvalue weighted by atomic mass is 10.1. The van der Waals surface area contributed by atoms with E-state index in [1.54, 1.807) is 0 Å². The van der Waals surface area contributed by atoms with E-state index < -0.39 is 36.0 Å². The minimum atomic E-state index is -1.26. The molecule has 0 aromatic heterocycles. The van der Waals surface area contributed by atoms with E-state index >= 15 is 0 Å². The Hall–Kier alpha value is -1.32. The van der Waals surface area contributed by atoms with Gasteiger partial charge in [0.15, 0.2) is 0 Å². The van der Waals surface area contributed by atoms with Gasteiger partial charge in [0.2, 0.25) is 11.8 Å². The zero-order valence-electron chi connectivity index (χ0n) is 9.79. The first-order valence-corrected chi connectivity index (χ1v) is 5.78. The van der Waals surface area contributed by atoms with Crippen LogP contribution >= 0.6 is 12.6 Å². The molecule has 3 unspecified atom stereocenters. The number of hydrogen-bond acceptors (Lipinski definition) is 6. The summed E-state index contributed by atoms with van der Waals surface area (Å²) < 4.78 is 0. The van der Waals surface area contributed by atoms with Crippen molar-refractivity contribution in [2.45, 2.75) is 25.1 Å². The monoisotopic (exact) mass is 279 g/mol. The number of carboxylic acids is 1. The maximum Gasteiger partial charge on any atom is 0.327 e. The fraction of sp³-hybridized carbons (Fsp3) is 0.667. The Labute approximate surface area is 109 Å². The first kappa shape index (κ1) is 16.7. The molecule has 0 bridgehead atoms. The van der Waals surface area contributed by atoms with Crippen molar-refractivity contribution < 1.29 is 24.6 Å². The van der Waals surface area contributed by atoms with E-state index in [1.807, 2.05) is 0 Å². The van der Waals surface area contributed by atoms with Gasteiger partial charge < -0.3 is 26.6 Å². The normalized spacial score (nSPS) is 15.3. The number of rotatable bonds is 7. The molecule has 104 valence electrons. The molecule has 0 aromatic carbocycles. The van der Waals surface area contributed by atoms with Crippen LogP contribution in [-0.2, 0) is 14.4 Å². The molecule has 0 saturated carbocycles. The third-order valence-corrected chi connectivity index (χ3v) is 2.43. The number of nitrogens with two attached hydrogens (primary N) is 1. The largest absolute Gasteiger partial charge is 0.480 e. The second kappa shape index (κ2) is 7.90. The fourth-order valence-electron chi connectivity index (χ4n) is 1.08. The lowest BCUT2D eigenvalue weighted by molar-refractivity contribution is -0.142. The van der Waals surface area contributed by atoms with Crippen LogP contribution in [-0.4, -0.2) is 58.5 Å². The Morgan fingerprint density at radius 1 is 1.33 bits per heavy atom. The van der Waals surface area contributed by atoms with Gasteiger partial charge in [0, 0.05) is 5.75 Å². The number of carbonyl (C=O) groups is 3. The third-order valence-electron chi connectivity index (χ3n) is 2.06. The highest BCUT2D eigenvalue weighted by molar-refractivity contribution is 7.80. The van der Waals surface area contributed by atoms with E-state index in [2.05, 4.69) is 23.3 Å². The summed E-state index contributed by atoms with van der Waals surface area (Å²) in [6.07, 6.45) is -1.19. The molecule has 0 aromatic rings. The molecule has 2 amide bonds. The van der Waals surface area contributed by atoms with Gasteiger partial charge in [-0.15, -0.1) is 0 Å². The fourth-order valence-corrected chi connectivity index (χ4v) is 1.33. The molecule has 3 atom stereocenters. The first-order valence-electron chi connectivity index (χ1n) is 5.15. The van der Waals surface area contributed by atoms with E-state index in [0.29, 0.717) is 0 Å². The number of thiol groups is 1. The maximum absolute atomic E-state index is 11.7. The Morgan fingerprint density at radius 2 is 1.89 bits per heavy atom. The average Bonchev–Trinajstić information content (AvgIpc) is 2.31. The van der Waals surface area contributed by atoms with Crippen molar-refractivity contribution in [3.8, 4) is 0 Å². The number of amides is 2. The van der Waals surface area contributed by atoms with Gasteiger partial charge in [-0.1, -0.05) is 0 Å². The molecule has 0 fully saturated rings. The van der Waals surface area contributed by atoms with Crippen LogP contribution in [0.25, 0.3) is 0 Å². The van der Waals surface area contributed by atoms with Crippen molar-refractivity contribution in [2.24, 2.45) is 5.73 Å².